The Hall–Kier alpha value is -3.84. The molecule has 4 aromatic heterocycles. The summed E-state index contributed by atoms with van der Waals surface area (Å²) in [5.74, 6) is -0.111. The van der Waals surface area contributed by atoms with E-state index in [0.29, 0.717) is 25.4 Å². The summed E-state index contributed by atoms with van der Waals surface area (Å²) >= 11 is 0. The van der Waals surface area contributed by atoms with Crippen LogP contribution in [-0.2, 0) is 17.3 Å². The predicted octanol–water partition coefficient (Wildman–Crippen LogP) is 4.95. The second kappa shape index (κ2) is 11.0. The molecule has 43 heavy (non-hydrogen) atoms. The molecule has 228 valence electrons. The molecule has 5 heterocycles. The fourth-order valence-corrected chi connectivity index (χ4v) is 6.27. The largest absolute Gasteiger partial charge is 0.474 e. The molecule has 0 radical (unpaired) electrons. The van der Waals surface area contributed by atoms with Crippen LogP contribution in [0.15, 0.2) is 48.1 Å². The van der Waals surface area contributed by atoms with Crippen LogP contribution in [0.1, 0.15) is 57.2 Å². The zero-order valence-corrected chi connectivity index (χ0v) is 24.2. The van der Waals surface area contributed by atoms with Crippen LogP contribution in [0.2, 0.25) is 0 Å². The molecule has 0 atom stereocenters. The number of ether oxygens (including phenoxy) is 1. The van der Waals surface area contributed by atoms with E-state index in [2.05, 4.69) is 47.4 Å². The average molecular weight is 597 g/mol. The van der Waals surface area contributed by atoms with E-state index in [1.165, 1.54) is 19.9 Å². The van der Waals surface area contributed by atoms with Gasteiger partial charge >= 0.3 is 6.18 Å². The van der Waals surface area contributed by atoms with Crippen molar-refractivity contribution >= 4 is 17.8 Å². The van der Waals surface area contributed by atoms with E-state index in [0.717, 1.165) is 60.7 Å². The van der Waals surface area contributed by atoms with E-state index < -0.39 is 17.5 Å². The van der Waals surface area contributed by atoms with E-state index in [9.17, 15) is 18.3 Å². The maximum Gasteiger partial charge on any atom is 0.433 e. The summed E-state index contributed by atoms with van der Waals surface area (Å²) in [4.78, 5) is 22.2. The summed E-state index contributed by atoms with van der Waals surface area (Å²) in [6, 6.07) is 4.58. The molecule has 10 nitrogen and oxygen atoms in total. The van der Waals surface area contributed by atoms with Crippen molar-refractivity contribution in [3.63, 3.8) is 0 Å². The first-order valence-corrected chi connectivity index (χ1v) is 14.4. The predicted molar refractivity (Wildman–Crippen MR) is 155 cm³/mol. The van der Waals surface area contributed by atoms with Crippen LogP contribution in [0.3, 0.4) is 0 Å². The van der Waals surface area contributed by atoms with Crippen molar-refractivity contribution in [1.82, 2.24) is 34.6 Å². The lowest BCUT2D eigenvalue weighted by Crippen LogP contribution is -2.58. The molecule has 0 aromatic carbocycles. The number of hydrogen-bond acceptors (Lipinski definition) is 8. The van der Waals surface area contributed by atoms with Crippen molar-refractivity contribution < 1.29 is 23.0 Å². The zero-order valence-electron chi connectivity index (χ0n) is 24.2. The minimum absolute atomic E-state index is 0.111. The summed E-state index contributed by atoms with van der Waals surface area (Å²) in [6.07, 6.45) is 6.36. The molecular formula is C30H35F3N8O2. The molecule has 2 fully saturated rings. The number of aromatic amines is 1. The first-order valence-electron chi connectivity index (χ1n) is 14.4. The van der Waals surface area contributed by atoms with Crippen molar-refractivity contribution in [2.75, 3.05) is 19.6 Å². The summed E-state index contributed by atoms with van der Waals surface area (Å²) in [5, 5.41) is 16.0. The van der Waals surface area contributed by atoms with Gasteiger partial charge in [0.2, 0.25) is 5.88 Å². The SMILES string of the molecule is C=NCC[C@]1(n2cc(-c3ncnc4[nH]ccc34)cn2)C[C@H](N2CCC(Oc3cc(C(C)(C)O)cc(C(F)(F)F)n3)CC2)C1. The number of likely N-dealkylation sites (tertiary alicyclic amines) is 1. The second-order valence-electron chi connectivity index (χ2n) is 12.1. The van der Waals surface area contributed by atoms with Gasteiger partial charge in [0, 0.05) is 55.1 Å². The number of fused-ring (bicyclic) bond motifs is 1. The average Bonchev–Trinajstić information content (AvgIpc) is 3.63. The molecule has 2 aliphatic rings. The maximum absolute atomic E-state index is 13.5. The molecule has 0 amide bonds. The second-order valence-corrected chi connectivity index (χ2v) is 12.1. The quantitative estimate of drug-likeness (QED) is 0.263. The smallest absolute Gasteiger partial charge is 0.433 e. The Labute approximate surface area is 247 Å². The number of piperidine rings is 1. The molecule has 6 rings (SSSR count). The number of aliphatic imine (C=N–C) groups is 1. The monoisotopic (exact) mass is 596 g/mol. The van der Waals surface area contributed by atoms with Crippen molar-refractivity contribution in [2.24, 2.45) is 4.99 Å². The number of alkyl halides is 3. The van der Waals surface area contributed by atoms with Crippen LogP contribution in [0.4, 0.5) is 13.2 Å². The molecule has 1 saturated heterocycles. The van der Waals surface area contributed by atoms with Gasteiger partial charge in [-0.2, -0.15) is 18.3 Å². The van der Waals surface area contributed by atoms with E-state index in [1.54, 1.807) is 6.33 Å². The number of aliphatic hydroxyl groups is 1. The van der Waals surface area contributed by atoms with Gasteiger partial charge in [-0.15, -0.1) is 0 Å². The number of H-pyrrole nitrogens is 1. The molecule has 1 saturated carbocycles. The first-order chi connectivity index (χ1) is 20.4. The minimum atomic E-state index is -4.64. The highest BCUT2D eigenvalue weighted by Crippen LogP contribution is 2.46. The number of rotatable bonds is 9. The Morgan fingerprint density at radius 2 is 1.95 bits per heavy atom. The van der Waals surface area contributed by atoms with E-state index >= 15 is 0 Å². The fraction of sp³-hybridized carbons (Fsp3) is 0.500. The van der Waals surface area contributed by atoms with Crippen LogP contribution >= 0.6 is 0 Å². The number of hydrogen-bond donors (Lipinski definition) is 2. The number of nitrogens with zero attached hydrogens (tertiary/aromatic N) is 7. The highest BCUT2D eigenvalue weighted by atomic mass is 19.4. The molecule has 0 bridgehead atoms. The molecule has 4 aromatic rings. The van der Waals surface area contributed by atoms with Crippen molar-refractivity contribution in [1.29, 1.82) is 0 Å². The molecule has 2 N–H and O–H groups in total. The molecular weight excluding hydrogens is 561 g/mol. The highest BCUT2D eigenvalue weighted by molar-refractivity contribution is 5.90. The van der Waals surface area contributed by atoms with E-state index in [1.807, 2.05) is 18.5 Å². The zero-order chi connectivity index (χ0) is 30.4. The molecule has 0 spiro atoms. The molecule has 13 heteroatoms. The van der Waals surface area contributed by atoms with Gasteiger partial charge < -0.3 is 19.8 Å². The summed E-state index contributed by atoms with van der Waals surface area (Å²) in [7, 11) is 0. The van der Waals surface area contributed by atoms with Crippen LogP contribution in [0.5, 0.6) is 5.88 Å². The summed E-state index contributed by atoms with van der Waals surface area (Å²) in [5.41, 5.74) is -0.0641. The molecule has 0 unspecified atom stereocenters. The van der Waals surface area contributed by atoms with E-state index in [4.69, 9.17) is 9.84 Å². The standard InChI is InChI=1S/C30H35F3N8O2/c1-28(2,42)20-12-24(30(31,32)33)39-25(13-20)43-22-5-10-40(11-6-22)21-14-29(15-21,7-9-34-3)41-17-19(16-38-41)26-23-4-8-35-27(23)37-18-36-26/h4,8,12-13,16-18,21-22,42H,3,5-7,9-11,14-15H2,1-2H3,(H,35,36,37)/t21-,29-. The highest BCUT2D eigenvalue weighted by Gasteiger charge is 2.49. The van der Waals surface area contributed by atoms with Crippen molar-refractivity contribution in [2.45, 2.75) is 75.4 Å². The van der Waals surface area contributed by atoms with Crippen LogP contribution in [0.25, 0.3) is 22.3 Å². The number of aromatic nitrogens is 6. The summed E-state index contributed by atoms with van der Waals surface area (Å²) in [6.45, 7) is 8.71. The molecule has 1 aliphatic heterocycles. The topological polar surface area (TPSA) is 117 Å². The lowest BCUT2D eigenvalue weighted by Gasteiger charge is -2.53. The Balaban J connectivity index is 1.11. The Bertz CT molecular complexity index is 1560. The van der Waals surface area contributed by atoms with Gasteiger partial charge in [0.15, 0.2) is 0 Å². The maximum atomic E-state index is 13.5. The van der Waals surface area contributed by atoms with Gasteiger partial charge in [-0.1, -0.05) is 0 Å². The van der Waals surface area contributed by atoms with Gasteiger partial charge in [0.25, 0.3) is 0 Å². The van der Waals surface area contributed by atoms with Gasteiger partial charge in [0.1, 0.15) is 23.8 Å². The van der Waals surface area contributed by atoms with Crippen LogP contribution < -0.4 is 4.74 Å². The molecule has 1 aliphatic carbocycles. The third-order valence-corrected chi connectivity index (χ3v) is 8.74. The Morgan fingerprint density at radius 3 is 2.65 bits per heavy atom. The minimum Gasteiger partial charge on any atom is -0.474 e. The lowest BCUT2D eigenvalue weighted by molar-refractivity contribution is -0.141. The van der Waals surface area contributed by atoms with Gasteiger partial charge in [0.05, 0.1) is 23.0 Å². The van der Waals surface area contributed by atoms with Gasteiger partial charge in [-0.25, -0.2) is 15.0 Å². The van der Waals surface area contributed by atoms with Crippen LogP contribution in [0, 0.1) is 0 Å². The van der Waals surface area contributed by atoms with Crippen molar-refractivity contribution in [3.8, 4) is 17.1 Å². The lowest BCUT2D eigenvalue weighted by atomic mass is 9.69. The number of nitrogens with one attached hydrogen (secondary N) is 1. The number of halogens is 3. The number of pyridine rings is 1. The Kier molecular flexibility index (Phi) is 7.49. The van der Waals surface area contributed by atoms with E-state index in [-0.39, 0.29) is 23.1 Å². The normalized spacial score (nSPS) is 22.0. The van der Waals surface area contributed by atoms with Crippen LogP contribution in [-0.4, -0.2) is 78.2 Å². The Morgan fingerprint density at radius 1 is 1.19 bits per heavy atom. The van der Waals surface area contributed by atoms with Crippen molar-refractivity contribution in [3.05, 3.63) is 54.4 Å². The van der Waals surface area contributed by atoms with Gasteiger partial charge in [-0.05, 0) is 70.4 Å². The van der Waals surface area contributed by atoms with Gasteiger partial charge in [-0.3, -0.25) is 9.58 Å². The summed E-state index contributed by atoms with van der Waals surface area (Å²) < 4.78 is 48.4. The first kappa shape index (κ1) is 29.2. The third-order valence-electron chi connectivity index (χ3n) is 8.74. The third kappa shape index (κ3) is 5.87. The fourth-order valence-electron chi connectivity index (χ4n) is 6.27.